The molecule has 1 aliphatic heterocycles. The monoisotopic (exact) mass is 259 g/mol. The van der Waals surface area contributed by atoms with Crippen molar-refractivity contribution in [3.05, 3.63) is 24.3 Å². The van der Waals surface area contributed by atoms with Gasteiger partial charge in [0.2, 0.25) is 0 Å². The molecule has 0 bridgehead atoms. The minimum atomic E-state index is 0.0429. The highest BCUT2D eigenvalue weighted by atomic mass is 16.2. The van der Waals surface area contributed by atoms with E-state index in [0.717, 1.165) is 24.6 Å². The summed E-state index contributed by atoms with van der Waals surface area (Å²) in [6, 6.07) is 7.82. The van der Waals surface area contributed by atoms with Crippen molar-refractivity contribution >= 4 is 17.4 Å². The Bertz CT molecular complexity index is 457. The maximum atomic E-state index is 12.4. The first-order chi connectivity index (χ1) is 9.24. The molecule has 3 N–H and O–H groups in total. The summed E-state index contributed by atoms with van der Waals surface area (Å²) in [4.78, 5) is 14.4. The third-order valence-electron chi connectivity index (χ3n) is 4.42. The summed E-state index contributed by atoms with van der Waals surface area (Å²) in [6.45, 7) is 0.891. The van der Waals surface area contributed by atoms with Crippen molar-refractivity contribution in [2.45, 2.75) is 38.1 Å². The number of amides is 2. The largest absolute Gasteiger partial charge is 0.399 e. The Morgan fingerprint density at radius 3 is 2.68 bits per heavy atom. The molecule has 0 spiro atoms. The topological polar surface area (TPSA) is 58.4 Å². The second-order valence-corrected chi connectivity index (χ2v) is 5.65. The lowest BCUT2D eigenvalue weighted by molar-refractivity contribution is 0.138. The molecule has 1 aromatic carbocycles. The van der Waals surface area contributed by atoms with Crippen LogP contribution in [0.15, 0.2) is 24.3 Å². The van der Waals surface area contributed by atoms with Crippen LogP contribution in [-0.4, -0.2) is 23.5 Å². The van der Waals surface area contributed by atoms with Gasteiger partial charge in [0, 0.05) is 24.0 Å². The van der Waals surface area contributed by atoms with Crippen molar-refractivity contribution in [2.75, 3.05) is 17.6 Å². The first kappa shape index (κ1) is 12.3. The van der Waals surface area contributed by atoms with Crippen molar-refractivity contribution in [2.24, 2.45) is 5.92 Å². The number of hydrogen-bond acceptors (Lipinski definition) is 2. The van der Waals surface area contributed by atoms with Gasteiger partial charge in [0.15, 0.2) is 0 Å². The molecule has 4 nitrogen and oxygen atoms in total. The van der Waals surface area contributed by atoms with Crippen molar-refractivity contribution < 1.29 is 4.79 Å². The quantitative estimate of drug-likeness (QED) is 0.761. The molecule has 2 atom stereocenters. The maximum absolute atomic E-state index is 12.4. The average Bonchev–Trinajstić information content (AvgIpc) is 2.89. The van der Waals surface area contributed by atoms with Crippen molar-refractivity contribution in [1.82, 2.24) is 4.90 Å². The summed E-state index contributed by atoms with van der Waals surface area (Å²) >= 11 is 0. The number of hydrogen-bond donors (Lipinski definition) is 2. The molecule has 19 heavy (non-hydrogen) atoms. The number of fused-ring (bicyclic) bond motifs is 1. The van der Waals surface area contributed by atoms with Crippen molar-refractivity contribution in [3.8, 4) is 0 Å². The molecular weight excluding hydrogens is 238 g/mol. The lowest BCUT2D eigenvalue weighted by Gasteiger charge is -2.37. The van der Waals surface area contributed by atoms with Gasteiger partial charge in [-0.1, -0.05) is 6.42 Å². The van der Waals surface area contributed by atoms with E-state index in [9.17, 15) is 4.79 Å². The van der Waals surface area contributed by atoms with Crippen molar-refractivity contribution in [1.29, 1.82) is 0 Å². The smallest absolute Gasteiger partial charge is 0.322 e. The normalized spacial score (nSPS) is 26.0. The SMILES string of the molecule is Nc1ccc(NC(=O)N2CCCC3CCCC32)cc1. The van der Waals surface area contributed by atoms with Crippen LogP contribution in [0, 0.1) is 5.92 Å². The molecule has 2 aliphatic rings. The van der Waals surface area contributed by atoms with E-state index in [1.165, 1.54) is 25.7 Å². The molecule has 4 heteroatoms. The van der Waals surface area contributed by atoms with Crippen LogP contribution in [0.1, 0.15) is 32.1 Å². The fourth-order valence-corrected chi connectivity index (χ4v) is 3.47. The molecule has 1 aromatic rings. The highest BCUT2D eigenvalue weighted by Crippen LogP contribution is 2.36. The molecule has 1 saturated heterocycles. The first-order valence-corrected chi connectivity index (χ1v) is 7.17. The number of piperidine rings is 1. The van der Waals surface area contributed by atoms with E-state index >= 15 is 0 Å². The van der Waals surface area contributed by atoms with E-state index in [4.69, 9.17) is 5.73 Å². The van der Waals surface area contributed by atoms with Crippen LogP contribution in [0.25, 0.3) is 0 Å². The van der Waals surface area contributed by atoms with Gasteiger partial charge in [0.05, 0.1) is 0 Å². The number of nitrogens with zero attached hydrogens (tertiary/aromatic N) is 1. The number of carbonyl (C=O) groups is 1. The highest BCUT2D eigenvalue weighted by Gasteiger charge is 2.37. The summed E-state index contributed by atoms with van der Waals surface area (Å²) in [5.41, 5.74) is 7.18. The zero-order valence-corrected chi connectivity index (χ0v) is 11.1. The van der Waals surface area contributed by atoms with Gasteiger partial charge in [-0.15, -0.1) is 0 Å². The summed E-state index contributed by atoms with van der Waals surface area (Å²) in [5.74, 6) is 0.728. The summed E-state index contributed by atoms with van der Waals surface area (Å²) in [5, 5.41) is 2.98. The molecule has 1 saturated carbocycles. The molecule has 3 rings (SSSR count). The van der Waals surface area contributed by atoms with Crippen LogP contribution < -0.4 is 11.1 Å². The van der Waals surface area contributed by atoms with Crippen molar-refractivity contribution in [3.63, 3.8) is 0 Å². The molecule has 2 fully saturated rings. The van der Waals surface area contributed by atoms with Gasteiger partial charge in [-0.3, -0.25) is 0 Å². The number of urea groups is 1. The second kappa shape index (κ2) is 5.11. The van der Waals surface area contributed by atoms with E-state index in [1.807, 2.05) is 29.2 Å². The number of rotatable bonds is 1. The molecule has 0 radical (unpaired) electrons. The first-order valence-electron chi connectivity index (χ1n) is 7.17. The number of benzene rings is 1. The summed E-state index contributed by atoms with van der Waals surface area (Å²) in [6.07, 6.45) is 6.14. The van der Waals surface area contributed by atoms with E-state index in [-0.39, 0.29) is 6.03 Å². The number of nitrogens with two attached hydrogens (primary N) is 1. The molecule has 0 aromatic heterocycles. The average molecular weight is 259 g/mol. The standard InChI is InChI=1S/C15H21N3O/c16-12-6-8-13(9-7-12)17-15(19)18-10-2-4-11-3-1-5-14(11)18/h6-9,11,14H,1-5,10,16H2,(H,17,19). The Balaban J connectivity index is 1.67. The van der Waals surface area contributed by atoms with Gasteiger partial charge in [0.25, 0.3) is 0 Å². The maximum Gasteiger partial charge on any atom is 0.322 e. The minimum absolute atomic E-state index is 0.0429. The Morgan fingerprint density at radius 1 is 1.16 bits per heavy atom. The predicted octanol–water partition coefficient (Wildman–Crippen LogP) is 3.07. The summed E-state index contributed by atoms with van der Waals surface area (Å²) < 4.78 is 0. The van der Waals surface area contributed by atoms with Crippen LogP contribution in [0.3, 0.4) is 0 Å². The molecule has 2 amide bonds. The van der Waals surface area contributed by atoms with Crippen LogP contribution in [0.5, 0.6) is 0 Å². The molecule has 1 heterocycles. The fourth-order valence-electron chi connectivity index (χ4n) is 3.47. The van der Waals surface area contributed by atoms with Crippen LogP contribution in [0.2, 0.25) is 0 Å². The second-order valence-electron chi connectivity index (χ2n) is 5.65. The third-order valence-corrected chi connectivity index (χ3v) is 4.42. The zero-order chi connectivity index (χ0) is 13.2. The molecule has 2 unspecified atom stereocenters. The molecule has 1 aliphatic carbocycles. The van der Waals surface area contributed by atoms with Crippen LogP contribution in [-0.2, 0) is 0 Å². The highest BCUT2D eigenvalue weighted by molar-refractivity contribution is 5.89. The lowest BCUT2D eigenvalue weighted by Crippen LogP contribution is -2.48. The molecular formula is C15H21N3O. The Kier molecular flexibility index (Phi) is 3.32. The van der Waals surface area contributed by atoms with Gasteiger partial charge in [0.1, 0.15) is 0 Å². The van der Waals surface area contributed by atoms with Crippen LogP contribution in [0.4, 0.5) is 16.2 Å². The van der Waals surface area contributed by atoms with E-state index in [1.54, 1.807) is 0 Å². The number of likely N-dealkylation sites (tertiary alicyclic amines) is 1. The number of nitrogens with one attached hydrogen (secondary N) is 1. The van der Waals surface area contributed by atoms with E-state index in [2.05, 4.69) is 5.32 Å². The number of anilines is 2. The Morgan fingerprint density at radius 2 is 1.89 bits per heavy atom. The van der Waals surface area contributed by atoms with Gasteiger partial charge in [-0.05, 0) is 55.9 Å². The zero-order valence-electron chi connectivity index (χ0n) is 11.1. The lowest BCUT2D eigenvalue weighted by atomic mass is 9.92. The summed E-state index contributed by atoms with van der Waals surface area (Å²) in [7, 11) is 0. The van der Waals surface area contributed by atoms with E-state index < -0.39 is 0 Å². The number of nitrogen functional groups attached to an aromatic ring is 1. The predicted molar refractivity (Wildman–Crippen MR) is 76.9 cm³/mol. The van der Waals surface area contributed by atoms with Crippen LogP contribution >= 0.6 is 0 Å². The van der Waals surface area contributed by atoms with E-state index in [0.29, 0.717) is 11.7 Å². The van der Waals surface area contributed by atoms with Gasteiger partial charge in [-0.25, -0.2) is 4.79 Å². The molecule has 102 valence electrons. The number of carbonyl (C=O) groups excluding carboxylic acids is 1. The minimum Gasteiger partial charge on any atom is -0.399 e. The third kappa shape index (κ3) is 2.53. The van der Waals surface area contributed by atoms with Gasteiger partial charge in [-0.2, -0.15) is 0 Å². The van der Waals surface area contributed by atoms with Gasteiger partial charge >= 0.3 is 6.03 Å². The van der Waals surface area contributed by atoms with Gasteiger partial charge < -0.3 is 16.0 Å². The Labute approximate surface area is 114 Å². The fraction of sp³-hybridized carbons (Fsp3) is 0.533. The Hall–Kier alpha value is -1.71.